The summed E-state index contributed by atoms with van der Waals surface area (Å²) in [6.07, 6.45) is 3.09. The Morgan fingerprint density at radius 3 is 1.46 bits per heavy atom. The summed E-state index contributed by atoms with van der Waals surface area (Å²) in [7, 11) is 0. The van der Waals surface area contributed by atoms with Gasteiger partial charge in [-0.15, -0.1) is 0 Å². The molecule has 0 spiro atoms. The fourth-order valence-electron chi connectivity index (χ4n) is 3.09. The van der Waals surface area contributed by atoms with Crippen molar-refractivity contribution in [2.45, 2.75) is 25.7 Å². The summed E-state index contributed by atoms with van der Waals surface area (Å²) in [6, 6.07) is 17.8. The summed E-state index contributed by atoms with van der Waals surface area (Å²) in [5.74, 6) is -1.56. The van der Waals surface area contributed by atoms with Crippen molar-refractivity contribution in [2.24, 2.45) is 0 Å². The second-order valence-electron chi connectivity index (χ2n) is 6.80. The highest BCUT2D eigenvalue weighted by Crippen LogP contribution is 2.25. The van der Waals surface area contributed by atoms with E-state index in [-0.39, 0.29) is 22.8 Å². The Labute approximate surface area is 163 Å². The molecule has 0 aliphatic heterocycles. The van der Waals surface area contributed by atoms with E-state index in [0.717, 1.165) is 36.0 Å². The van der Waals surface area contributed by atoms with E-state index in [0.29, 0.717) is 6.42 Å². The van der Waals surface area contributed by atoms with Crippen molar-refractivity contribution in [2.75, 3.05) is 0 Å². The molecule has 0 aromatic heterocycles. The molecule has 28 heavy (non-hydrogen) atoms. The van der Waals surface area contributed by atoms with Crippen molar-refractivity contribution in [1.82, 2.24) is 0 Å². The van der Waals surface area contributed by atoms with Crippen LogP contribution in [-0.4, -0.2) is 26.4 Å². The van der Waals surface area contributed by atoms with Crippen LogP contribution in [0.3, 0.4) is 0 Å². The van der Waals surface area contributed by atoms with Gasteiger partial charge in [-0.3, -0.25) is 0 Å². The summed E-state index contributed by atoms with van der Waals surface area (Å²) < 4.78 is 0. The lowest BCUT2D eigenvalue weighted by Gasteiger charge is -2.07. The van der Waals surface area contributed by atoms with Gasteiger partial charge in [-0.1, -0.05) is 36.4 Å². The summed E-state index contributed by atoms with van der Waals surface area (Å²) in [4.78, 5) is 10.9. The Balaban J connectivity index is 1.55. The zero-order valence-corrected chi connectivity index (χ0v) is 15.3. The molecule has 0 saturated carbocycles. The minimum atomic E-state index is -1.14. The summed E-state index contributed by atoms with van der Waals surface area (Å²) in [5, 5.41) is 37.6. The van der Waals surface area contributed by atoms with E-state index in [2.05, 4.69) is 24.3 Å². The molecule has 0 aliphatic carbocycles. The molecule has 0 unspecified atom stereocenters. The molecular formula is C23H22O5. The number of aromatic hydroxyl groups is 3. The van der Waals surface area contributed by atoms with E-state index in [1.165, 1.54) is 23.8 Å². The van der Waals surface area contributed by atoms with Gasteiger partial charge >= 0.3 is 5.97 Å². The van der Waals surface area contributed by atoms with Crippen molar-refractivity contribution in [3.63, 3.8) is 0 Å². The van der Waals surface area contributed by atoms with Crippen molar-refractivity contribution in [1.29, 1.82) is 0 Å². The normalized spacial score (nSPS) is 10.7. The fourth-order valence-corrected chi connectivity index (χ4v) is 3.09. The molecule has 4 N–H and O–H groups in total. The number of aromatic carboxylic acids is 1. The molecule has 3 rings (SSSR count). The van der Waals surface area contributed by atoms with Crippen molar-refractivity contribution < 1.29 is 25.2 Å². The third-order valence-electron chi connectivity index (χ3n) is 4.76. The van der Waals surface area contributed by atoms with Gasteiger partial charge in [-0.05, 0) is 72.2 Å². The molecule has 0 radical (unpaired) electrons. The Bertz CT molecular complexity index is 977. The summed E-state index contributed by atoms with van der Waals surface area (Å²) >= 11 is 0. The Morgan fingerprint density at radius 1 is 0.571 bits per heavy atom. The highest BCUT2D eigenvalue weighted by Gasteiger charge is 2.09. The number of carbonyl (C=O) groups is 1. The first-order chi connectivity index (χ1) is 13.4. The molecular weight excluding hydrogens is 356 g/mol. The first kappa shape index (κ1) is 19.3. The van der Waals surface area contributed by atoms with E-state index >= 15 is 0 Å². The van der Waals surface area contributed by atoms with E-state index in [9.17, 15) is 20.1 Å². The number of carboxylic acids is 1. The van der Waals surface area contributed by atoms with Gasteiger partial charge in [0.25, 0.3) is 0 Å². The SMILES string of the molecule is O=C(O)c1ccc(CCc2ccc(CCc3ccc(O)c(O)c3)cc2)cc1O. The minimum Gasteiger partial charge on any atom is -0.507 e. The first-order valence-corrected chi connectivity index (χ1v) is 9.06. The zero-order chi connectivity index (χ0) is 20.1. The van der Waals surface area contributed by atoms with E-state index in [1.807, 2.05) is 0 Å². The second-order valence-corrected chi connectivity index (χ2v) is 6.80. The molecule has 3 aromatic carbocycles. The Hall–Kier alpha value is -3.47. The average Bonchev–Trinajstić information content (AvgIpc) is 2.68. The number of phenols is 3. The molecule has 0 aliphatic rings. The molecule has 3 aromatic rings. The van der Waals surface area contributed by atoms with E-state index < -0.39 is 5.97 Å². The van der Waals surface area contributed by atoms with E-state index in [1.54, 1.807) is 18.2 Å². The molecule has 0 saturated heterocycles. The van der Waals surface area contributed by atoms with Gasteiger partial charge in [0.2, 0.25) is 0 Å². The maximum absolute atomic E-state index is 10.9. The van der Waals surface area contributed by atoms with Crippen molar-refractivity contribution >= 4 is 5.97 Å². The molecule has 5 heteroatoms. The van der Waals surface area contributed by atoms with Crippen LogP contribution in [-0.2, 0) is 25.7 Å². The molecule has 144 valence electrons. The molecule has 5 nitrogen and oxygen atoms in total. The number of rotatable bonds is 7. The molecule has 0 heterocycles. The quantitative estimate of drug-likeness (QED) is 0.465. The van der Waals surface area contributed by atoms with Gasteiger partial charge in [0, 0.05) is 0 Å². The first-order valence-electron chi connectivity index (χ1n) is 9.06. The maximum Gasteiger partial charge on any atom is 0.339 e. The topological polar surface area (TPSA) is 98.0 Å². The van der Waals surface area contributed by atoms with Gasteiger partial charge in [0.15, 0.2) is 11.5 Å². The predicted octanol–water partition coefficient (Wildman–Crippen LogP) is 4.07. The van der Waals surface area contributed by atoms with Crippen LogP contribution >= 0.6 is 0 Å². The van der Waals surface area contributed by atoms with E-state index in [4.69, 9.17) is 5.11 Å². The Kier molecular flexibility index (Phi) is 5.84. The molecule has 0 amide bonds. The van der Waals surface area contributed by atoms with Crippen LogP contribution < -0.4 is 0 Å². The number of benzene rings is 3. The van der Waals surface area contributed by atoms with Crippen LogP contribution in [0.5, 0.6) is 17.2 Å². The number of hydrogen-bond acceptors (Lipinski definition) is 4. The second kappa shape index (κ2) is 8.48. The summed E-state index contributed by atoms with van der Waals surface area (Å²) in [6.45, 7) is 0. The monoisotopic (exact) mass is 378 g/mol. The average molecular weight is 378 g/mol. The van der Waals surface area contributed by atoms with Gasteiger partial charge < -0.3 is 20.4 Å². The number of aryl methyl sites for hydroxylation is 4. The Morgan fingerprint density at radius 2 is 1.00 bits per heavy atom. The van der Waals surface area contributed by atoms with Gasteiger partial charge in [0.05, 0.1) is 0 Å². The highest BCUT2D eigenvalue weighted by atomic mass is 16.4. The van der Waals surface area contributed by atoms with Crippen LogP contribution in [0.15, 0.2) is 60.7 Å². The lowest BCUT2D eigenvalue weighted by molar-refractivity contribution is 0.0693. The molecule has 0 atom stereocenters. The lowest BCUT2D eigenvalue weighted by atomic mass is 9.99. The zero-order valence-electron chi connectivity index (χ0n) is 15.3. The van der Waals surface area contributed by atoms with Crippen molar-refractivity contribution in [3.05, 3.63) is 88.5 Å². The third kappa shape index (κ3) is 4.82. The number of hydrogen-bond donors (Lipinski definition) is 4. The number of carboxylic acid groups (broad SMARTS) is 1. The van der Waals surface area contributed by atoms with Gasteiger partial charge in [-0.25, -0.2) is 4.79 Å². The van der Waals surface area contributed by atoms with Gasteiger partial charge in [0.1, 0.15) is 11.3 Å². The molecule has 0 bridgehead atoms. The van der Waals surface area contributed by atoms with Crippen LogP contribution in [0.2, 0.25) is 0 Å². The highest BCUT2D eigenvalue weighted by molar-refractivity contribution is 5.90. The minimum absolute atomic E-state index is 0.0879. The lowest BCUT2D eigenvalue weighted by Crippen LogP contribution is -1.98. The summed E-state index contributed by atoms with van der Waals surface area (Å²) in [5.41, 5.74) is 4.10. The standard InChI is InChI=1S/C23H22O5/c24-20-12-10-18(14-22(20)26)8-6-16-3-1-15(2-4-16)5-7-17-9-11-19(23(27)28)21(25)13-17/h1-4,9-14,24-26H,5-8H2,(H,27,28). The smallest absolute Gasteiger partial charge is 0.339 e. The van der Waals surface area contributed by atoms with Crippen LogP contribution in [0.1, 0.15) is 32.6 Å². The number of phenolic OH excluding ortho intramolecular Hbond substituents is 2. The van der Waals surface area contributed by atoms with Gasteiger partial charge in [-0.2, -0.15) is 0 Å². The fraction of sp³-hybridized carbons (Fsp3) is 0.174. The van der Waals surface area contributed by atoms with Crippen LogP contribution in [0.4, 0.5) is 0 Å². The third-order valence-corrected chi connectivity index (χ3v) is 4.76. The maximum atomic E-state index is 10.9. The largest absolute Gasteiger partial charge is 0.507 e. The predicted molar refractivity (Wildman–Crippen MR) is 106 cm³/mol. The molecule has 0 fully saturated rings. The van der Waals surface area contributed by atoms with Crippen molar-refractivity contribution in [3.8, 4) is 17.2 Å². The van der Waals surface area contributed by atoms with Crippen LogP contribution in [0.25, 0.3) is 0 Å². The van der Waals surface area contributed by atoms with Crippen LogP contribution in [0, 0.1) is 0 Å².